The molecule has 1 aliphatic heterocycles. The zero-order valence-electron chi connectivity index (χ0n) is 17.4. The highest BCUT2D eigenvalue weighted by molar-refractivity contribution is 7.91. The number of ether oxygens (including phenoxy) is 2. The van der Waals surface area contributed by atoms with Crippen LogP contribution in [0.2, 0.25) is 0 Å². The quantitative estimate of drug-likeness (QED) is 0.649. The number of hydrogen-bond donors (Lipinski definition) is 1. The summed E-state index contributed by atoms with van der Waals surface area (Å²) in [6.45, 7) is 6.95. The summed E-state index contributed by atoms with van der Waals surface area (Å²) in [6.07, 6.45) is -0.242. The van der Waals surface area contributed by atoms with Crippen molar-refractivity contribution >= 4 is 27.7 Å². The number of aromatic nitrogens is 1. The minimum absolute atomic E-state index is 0.0490. The summed E-state index contributed by atoms with van der Waals surface area (Å²) in [6, 6.07) is -0.413. The molecule has 162 valence electrons. The molecular formula is C19H28N2O7S. The molecule has 2 unspecified atom stereocenters. The molecule has 2 atom stereocenters. The molecule has 1 saturated heterocycles. The van der Waals surface area contributed by atoms with Crippen molar-refractivity contribution in [2.45, 2.75) is 52.7 Å². The average Bonchev–Trinajstić information content (AvgIpc) is 3.20. The highest BCUT2D eigenvalue weighted by Gasteiger charge is 2.36. The first-order valence-electron chi connectivity index (χ1n) is 9.57. The van der Waals surface area contributed by atoms with Crippen LogP contribution in [0.1, 0.15) is 59.3 Å². The van der Waals surface area contributed by atoms with E-state index in [0.717, 1.165) is 0 Å². The van der Waals surface area contributed by atoms with Crippen LogP contribution in [0.3, 0.4) is 0 Å². The van der Waals surface area contributed by atoms with E-state index in [1.165, 1.54) is 18.9 Å². The number of nitrogens with zero attached hydrogens (tertiary/aromatic N) is 1. The van der Waals surface area contributed by atoms with Crippen LogP contribution in [0.5, 0.6) is 0 Å². The van der Waals surface area contributed by atoms with Crippen LogP contribution in [0.25, 0.3) is 0 Å². The van der Waals surface area contributed by atoms with Crippen LogP contribution < -0.4 is 0 Å². The van der Waals surface area contributed by atoms with Gasteiger partial charge in [-0.1, -0.05) is 6.92 Å². The van der Waals surface area contributed by atoms with Crippen LogP contribution in [0, 0.1) is 6.92 Å². The van der Waals surface area contributed by atoms with Gasteiger partial charge < -0.3 is 19.4 Å². The van der Waals surface area contributed by atoms with E-state index in [0.29, 0.717) is 30.6 Å². The number of likely N-dealkylation sites (N-methyl/N-ethyl adjacent to an activating group) is 1. The summed E-state index contributed by atoms with van der Waals surface area (Å²) in [7, 11) is -1.89. The maximum Gasteiger partial charge on any atom is 0.355 e. The number of nitrogens with one attached hydrogen (secondary N) is 1. The first-order chi connectivity index (χ1) is 13.6. The maximum atomic E-state index is 12.8. The lowest BCUT2D eigenvalue weighted by Gasteiger charge is -2.29. The fraction of sp³-hybridized carbons (Fsp3) is 0.632. The van der Waals surface area contributed by atoms with Crippen molar-refractivity contribution in [2.24, 2.45) is 0 Å². The normalized spacial score (nSPS) is 18.9. The number of H-pyrrole nitrogens is 1. The van der Waals surface area contributed by atoms with Gasteiger partial charge in [-0.3, -0.25) is 4.79 Å². The third-order valence-corrected chi connectivity index (χ3v) is 6.93. The van der Waals surface area contributed by atoms with Crippen molar-refractivity contribution in [3.05, 3.63) is 22.5 Å². The summed E-state index contributed by atoms with van der Waals surface area (Å²) in [5.41, 5.74) is 1.32. The van der Waals surface area contributed by atoms with Crippen LogP contribution in [0.4, 0.5) is 0 Å². The molecule has 9 nitrogen and oxygen atoms in total. The van der Waals surface area contributed by atoms with E-state index in [2.05, 4.69) is 4.98 Å². The largest absolute Gasteiger partial charge is 0.465 e. The number of carbonyl (C=O) groups excluding carboxylic acids is 3. The van der Waals surface area contributed by atoms with Gasteiger partial charge in [0.15, 0.2) is 15.9 Å². The Morgan fingerprint density at radius 3 is 2.38 bits per heavy atom. The molecular weight excluding hydrogens is 400 g/mol. The number of rotatable bonds is 7. The zero-order chi connectivity index (χ0) is 21.9. The summed E-state index contributed by atoms with van der Waals surface area (Å²) >= 11 is 0. The van der Waals surface area contributed by atoms with Gasteiger partial charge >= 0.3 is 11.9 Å². The second-order valence-corrected chi connectivity index (χ2v) is 9.28. The number of sulfone groups is 1. The third kappa shape index (κ3) is 4.80. The Morgan fingerprint density at radius 2 is 1.90 bits per heavy atom. The third-order valence-electron chi connectivity index (χ3n) is 5.18. The number of esters is 2. The molecule has 1 amide bonds. The van der Waals surface area contributed by atoms with E-state index < -0.39 is 39.8 Å². The monoisotopic (exact) mass is 428 g/mol. The molecule has 1 N–H and O–H groups in total. The molecule has 1 aromatic rings. The van der Waals surface area contributed by atoms with Gasteiger partial charge in [0.2, 0.25) is 0 Å². The van der Waals surface area contributed by atoms with Gasteiger partial charge in [-0.2, -0.15) is 0 Å². The summed E-state index contributed by atoms with van der Waals surface area (Å²) < 4.78 is 33.6. The Hall–Kier alpha value is -2.36. The van der Waals surface area contributed by atoms with Crippen molar-refractivity contribution < 1.29 is 32.3 Å². The van der Waals surface area contributed by atoms with Crippen molar-refractivity contribution in [1.29, 1.82) is 0 Å². The van der Waals surface area contributed by atoms with E-state index >= 15 is 0 Å². The zero-order valence-corrected chi connectivity index (χ0v) is 18.2. The minimum Gasteiger partial charge on any atom is -0.465 e. The second-order valence-electron chi connectivity index (χ2n) is 7.05. The Kier molecular flexibility index (Phi) is 7.10. The lowest BCUT2D eigenvalue weighted by Crippen LogP contribution is -2.46. The van der Waals surface area contributed by atoms with Crippen molar-refractivity contribution in [1.82, 2.24) is 9.88 Å². The van der Waals surface area contributed by atoms with E-state index in [1.807, 2.05) is 6.92 Å². The number of amides is 1. The Bertz CT molecular complexity index is 904. The van der Waals surface area contributed by atoms with Gasteiger partial charge in [-0.15, -0.1) is 0 Å². The molecule has 0 aliphatic carbocycles. The highest BCUT2D eigenvalue weighted by atomic mass is 32.2. The number of aromatic amines is 1. The molecule has 1 fully saturated rings. The van der Waals surface area contributed by atoms with Crippen LogP contribution in [-0.4, -0.2) is 73.5 Å². The predicted molar refractivity (Wildman–Crippen MR) is 106 cm³/mol. The van der Waals surface area contributed by atoms with E-state index in [9.17, 15) is 22.8 Å². The SMILES string of the molecule is CCc1[nH]c(C(=O)OC(C)C(=O)N(CC)C2CCS(=O)(=O)C2)c(C)c1C(=O)OC. The van der Waals surface area contributed by atoms with Crippen molar-refractivity contribution in [3.8, 4) is 0 Å². The van der Waals surface area contributed by atoms with Gasteiger partial charge in [-0.05, 0) is 39.2 Å². The molecule has 0 aromatic carbocycles. The van der Waals surface area contributed by atoms with Crippen LogP contribution >= 0.6 is 0 Å². The molecule has 1 aliphatic rings. The minimum atomic E-state index is -3.15. The first kappa shape index (κ1) is 22.9. The topological polar surface area (TPSA) is 123 Å². The smallest absolute Gasteiger partial charge is 0.355 e. The highest BCUT2D eigenvalue weighted by Crippen LogP contribution is 2.22. The molecule has 0 spiro atoms. The standard InChI is InChI=1S/C19H28N2O7S/c1-6-14-15(18(23)27-5)11(3)16(20-14)19(24)28-12(4)17(22)21(7-2)13-8-9-29(25,26)10-13/h12-13,20H,6-10H2,1-5H3. The second kappa shape index (κ2) is 8.98. The molecule has 1 aromatic heterocycles. The fourth-order valence-electron chi connectivity index (χ4n) is 3.62. The molecule has 0 radical (unpaired) electrons. The fourth-order valence-corrected chi connectivity index (χ4v) is 5.36. The molecule has 0 bridgehead atoms. The molecule has 29 heavy (non-hydrogen) atoms. The Balaban J connectivity index is 2.17. The Morgan fingerprint density at radius 1 is 1.24 bits per heavy atom. The van der Waals surface area contributed by atoms with Crippen molar-refractivity contribution in [3.63, 3.8) is 0 Å². The number of aryl methyl sites for hydroxylation is 1. The number of hydrogen-bond acceptors (Lipinski definition) is 7. The molecule has 0 saturated carbocycles. The summed E-state index contributed by atoms with van der Waals surface area (Å²) in [5, 5.41) is 0. The van der Waals surface area contributed by atoms with Gasteiger partial charge in [0, 0.05) is 18.3 Å². The number of carbonyl (C=O) groups is 3. The van der Waals surface area contributed by atoms with E-state index in [1.54, 1.807) is 13.8 Å². The summed E-state index contributed by atoms with van der Waals surface area (Å²) in [4.78, 5) is 41.8. The van der Waals surface area contributed by atoms with Crippen molar-refractivity contribution in [2.75, 3.05) is 25.2 Å². The lowest BCUT2D eigenvalue weighted by atomic mass is 10.1. The van der Waals surface area contributed by atoms with E-state index in [4.69, 9.17) is 9.47 Å². The van der Waals surface area contributed by atoms with Gasteiger partial charge in [-0.25, -0.2) is 18.0 Å². The molecule has 10 heteroatoms. The van der Waals surface area contributed by atoms with Gasteiger partial charge in [0.1, 0.15) is 5.69 Å². The maximum absolute atomic E-state index is 12.8. The first-order valence-corrected chi connectivity index (χ1v) is 11.4. The average molecular weight is 429 g/mol. The van der Waals surface area contributed by atoms with Crippen LogP contribution in [-0.2, 0) is 30.5 Å². The van der Waals surface area contributed by atoms with Gasteiger partial charge in [0.05, 0.1) is 24.2 Å². The van der Waals surface area contributed by atoms with Gasteiger partial charge in [0.25, 0.3) is 5.91 Å². The summed E-state index contributed by atoms with van der Waals surface area (Å²) in [5.74, 6) is -1.80. The molecule has 2 rings (SSSR count). The predicted octanol–water partition coefficient (Wildman–Crippen LogP) is 1.25. The lowest BCUT2D eigenvalue weighted by molar-refractivity contribution is -0.141. The Labute approximate surface area is 170 Å². The van der Waals surface area contributed by atoms with Crippen LogP contribution in [0.15, 0.2) is 0 Å². The molecule has 2 heterocycles. The van der Waals surface area contributed by atoms with E-state index in [-0.39, 0.29) is 22.8 Å². The number of methoxy groups -OCH3 is 1.